The van der Waals surface area contributed by atoms with E-state index in [1.54, 1.807) is 17.4 Å². The summed E-state index contributed by atoms with van der Waals surface area (Å²) in [5, 5.41) is 11.6. The van der Waals surface area contributed by atoms with Gasteiger partial charge in [0.15, 0.2) is 0 Å². The molecule has 19 heavy (non-hydrogen) atoms. The number of carbonyl (C=O) groups is 2. The summed E-state index contributed by atoms with van der Waals surface area (Å²) in [6.45, 7) is 5.70. The Labute approximate surface area is 117 Å². The summed E-state index contributed by atoms with van der Waals surface area (Å²) in [5.41, 5.74) is 0. The van der Waals surface area contributed by atoms with Crippen molar-refractivity contribution in [1.82, 2.24) is 5.32 Å². The molecule has 0 aliphatic heterocycles. The molecular weight excluding hydrogens is 262 g/mol. The van der Waals surface area contributed by atoms with Crippen LogP contribution in [0.15, 0.2) is 18.2 Å². The molecule has 0 spiro atoms. The summed E-state index contributed by atoms with van der Waals surface area (Å²) in [7, 11) is 0. The summed E-state index contributed by atoms with van der Waals surface area (Å²) in [4.78, 5) is 24.9. The van der Waals surface area contributed by atoms with Crippen LogP contribution in [0.25, 0.3) is 6.08 Å². The number of aliphatic carboxylic acids is 1. The maximum absolute atomic E-state index is 11.7. The van der Waals surface area contributed by atoms with E-state index in [-0.39, 0.29) is 11.8 Å². The minimum Gasteiger partial charge on any atom is -0.480 e. The summed E-state index contributed by atoms with van der Waals surface area (Å²) < 4.78 is 0. The minimum atomic E-state index is -0.997. The predicted octanol–water partition coefficient (Wildman–Crippen LogP) is 2.69. The maximum atomic E-state index is 11.7. The number of carbonyl (C=O) groups excluding carboxylic acids is 1. The quantitative estimate of drug-likeness (QED) is 0.788. The predicted molar refractivity (Wildman–Crippen MR) is 77.1 cm³/mol. The fraction of sp³-hybridized carbons (Fsp3) is 0.429. The summed E-state index contributed by atoms with van der Waals surface area (Å²) in [6, 6.07) is 3.06. The highest BCUT2D eigenvalue weighted by Gasteiger charge is 2.24. The Kier molecular flexibility index (Phi) is 5.76. The van der Waals surface area contributed by atoms with Crippen molar-refractivity contribution < 1.29 is 14.7 Å². The van der Waals surface area contributed by atoms with E-state index in [9.17, 15) is 9.59 Å². The standard InChI is InChI=1S/C14H19NO3S/c1-4-9(2)13(14(17)18)15-12(16)8-7-11-6-5-10(3)19-11/h5-9,13H,4H2,1-3H3,(H,15,16)(H,17,18)/b8-7+/t9-,13-/m0/s1. The monoisotopic (exact) mass is 281 g/mol. The van der Waals surface area contributed by atoms with Gasteiger partial charge in [-0.3, -0.25) is 4.79 Å². The van der Waals surface area contributed by atoms with E-state index in [0.29, 0.717) is 6.42 Å². The number of aryl methyl sites for hydroxylation is 1. The van der Waals surface area contributed by atoms with E-state index in [4.69, 9.17) is 5.11 Å². The molecule has 2 N–H and O–H groups in total. The van der Waals surface area contributed by atoms with E-state index in [1.165, 1.54) is 11.0 Å². The van der Waals surface area contributed by atoms with Gasteiger partial charge in [-0.15, -0.1) is 11.3 Å². The lowest BCUT2D eigenvalue weighted by atomic mass is 9.99. The smallest absolute Gasteiger partial charge is 0.326 e. The van der Waals surface area contributed by atoms with Crippen LogP contribution in [0.3, 0.4) is 0 Å². The number of hydrogen-bond acceptors (Lipinski definition) is 3. The normalized spacial score (nSPS) is 14.3. The van der Waals surface area contributed by atoms with Crippen LogP contribution in [0.1, 0.15) is 30.0 Å². The Hall–Kier alpha value is -1.62. The lowest BCUT2D eigenvalue weighted by Gasteiger charge is -2.19. The Morgan fingerprint density at radius 1 is 1.47 bits per heavy atom. The van der Waals surface area contributed by atoms with Crippen molar-refractivity contribution in [1.29, 1.82) is 0 Å². The SMILES string of the molecule is CC[C@H](C)[C@H](NC(=O)/C=C/c1ccc(C)s1)C(=O)O. The zero-order valence-corrected chi connectivity index (χ0v) is 12.2. The average Bonchev–Trinajstić information content (AvgIpc) is 2.78. The van der Waals surface area contributed by atoms with Gasteiger partial charge in [0.2, 0.25) is 5.91 Å². The Morgan fingerprint density at radius 2 is 2.16 bits per heavy atom. The van der Waals surface area contributed by atoms with Crippen LogP contribution in [-0.2, 0) is 9.59 Å². The molecule has 1 aromatic rings. The molecule has 0 aliphatic rings. The Bertz CT molecular complexity index is 479. The molecule has 2 atom stereocenters. The molecule has 0 fully saturated rings. The maximum Gasteiger partial charge on any atom is 0.326 e. The van der Waals surface area contributed by atoms with Gasteiger partial charge in [0.25, 0.3) is 0 Å². The molecule has 4 nitrogen and oxygen atoms in total. The second-order valence-electron chi connectivity index (χ2n) is 4.49. The van der Waals surface area contributed by atoms with Gasteiger partial charge in [-0.05, 0) is 31.1 Å². The van der Waals surface area contributed by atoms with Gasteiger partial charge in [-0.2, -0.15) is 0 Å². The zero-order chi connectivity index (χ0) is 14.4. The minimum absolute atomic E-state index is 0.0983. The van der Waals surface area contributed by atoms with Crippen LogP contribution in [0.2, 0.25) is 0 Å². The number of hydrogen-bond donors (Lipinski definition) is 2. The number of carboxylic acid groups (broad SMARTS) is 1. The van der Waals surface area contributed by atoms with Crippen LogP contribution >= 0.6 is 11.3 Å². The van der Waals surface area contributed by atoms with Crippen LogP contribution in [0.5, 0.6) is 0 Å². The number of thiophene rings is 1. The molecule has 0 saturated carbocycles. The van der Waals surface area contributed by atoms with Crippen molar-refractivity contribution >= 4 is 29.3 Å². The first-order chi connectivity index (χ1) is 8.93. The molecule has 0 aromatic carbocycles. The summed E-state index contributed by atoms with van der Waals surface area (Å²) >= 11 is 1.58. The van der Waals surface area contributed by atoms with E-state index >= 15 is 0 Å². The molecule has 0 bridgehead atoms. The second kappa shape index (κ2) is 7.09. The first kappa shape index (κ1) is 15.4. The molecule has 1 amide bonds. The highest BCUT2D eigenvalue weighted by molar-refractivity contribution is 7.12. The van der Waals surface area contributed by atoms with Crippen LogP contribution in [0, 0.1) is 12.8 Å². The largest absolute Gasteiger partial charge is 0.480 e. The lowest BCUT2D eigenvalue weighted by molar-refractivity contribution is -0.142. The number of rotatable bonds is 6. The zero-order valence-electron chi connectivity index (χ0n) is 11.3. The van der Waals surface area contributed by atoms with Crippen molar-refractivity contribution in [3.05, 3.63) is 28.0 Å². The topological polar surface area (TPSA) is 66.4 Å². The third-order valence-electron chi connectivity index (χ3n) is 2.94. The summed E-state index contributed by atoms with van der Waals surface area (Å²) in [5.74, 6) is -1.47. The highest BCUT2D eigenvalue weighted by Crippen LogP contribution is 2.16. The Balaban J connectivity index is 2.62. The highest BCUT2D eigenvalue weighted by atomic mass is 32.1. The first-order valence-electron chi connectivity index (χ1n) is 6.21. The molecule has 0 radical (unpaired) electrons. The lowest BCUT2D eigenvalue weighted by Crippen LogP contribution is -2.44. The fourth-order valence-corrected chi connectivity index (χ4v) is 2.37. The number of amides is 1. The average molecular weight is 281 g/mol. The molecule has 1 aromatic heterocycles. The fourth-order valence-electron chi connectivity index (χ4n) is 1.59. The molecule has 104 valence electrons. The van der Waals surface area contributed by atoms with Crippen molar-refractivity contribution in [2.75, 3.05) is 0 Å². The number of carboxylic acids is 1. The van der Waals surface area contributed by atoms with Gasteiger partial charge in [-0.25, -0.2) is 4.79 Å². The second-order valence-corrected chi connectivity index (χ2v) is 5.81. The van der Waals surface area contributed by atoms with Crippen molar-refractivity contribution in [3.63, 3.8) is 0 Å². The molecule has 0 aliphatic carbocycles. The molecule has 0 unspecified atom stereocenters. The van der Waals surface area contributed by atoms with Crippen molar-refractivity contribution in [3.8, 4) is 0 Å². The Morgan fingerprint density at radius 3 is 2.63 bits per heavy atom. The summed E-state index contributed by atoms with van der Waals surface area (Å²) in [6.07, 6.45) is 3.77. The molecule has 0 saturated heterocycles. The van der Waals surface area contributed by atoms with Crippen LogP contribution in [0.4, 0.5) is 0 Å². The third kappa shape index (κ3) is 4.87. The van der Waals surface area contributed by atoms with Gasteiger partial charge in [-0.1, -0.05) is 20.3 Å². The van der Waals surface area contributed by atoms with Gasteiger partial charge in [0.05, 0.1) is 0 Å². The van der Waals surface area contributed by atoms with Crippen LogP contribution in [-0.4, -0.2) is 23.0 Å². The first-order valence-corrected chi connectivity index (χ1v) is 7.03. The third-order valence-corrected chi connectivity index (χ3v) is 3.90. The molecule has 1 heterocycles. The van der Waals surface area contributed by atoms with E-state index in [0.717, 1.165) is 4.88 Å². The van der Waals surface area contributed by atoms with E-state index in [1.807, 2.05) is 32.9 Å². The van der Waals surface area contributed by atoms with Gasteiger partial charge < -0.3 is 10.4 Å². The molecule has 5 heteroatoms. The van der Waals surface area contributed by atoms with Crippen molar-refractivity contribution in [2.45, 2.75) is 33.2 Å². The van der Waals surface area contributed by atoms with Gasteiger partial charge >= 0.3 is 5.97 Å². The molecular formula is C14H19NO3S. The molecule has 1 rings (SSSR count). The van der Waals surface area contributed by atoms with Gasteiger partial charge in [0.1, 0.15) is 6.04 Å². The number of nitrogens with one attached hydrogen (secondary N) is 1. The van der Waals surface area contributed by atoms with Crippen LogP contribution < -0.4 is 5.32 Å². The van der Waals surface area contributed by atoms with E-state index < -0.39 is 12.0 Å². The van der Waals surface area contributed by atoms with Crippen molar-refractivity contribution in [2.24, 2.45) is 5.92 Å². The van der Waals surface area contributed by atoms with E-state index in [2.05, 4.69) is 5.32 Å². The van der Waals surface area contributed by atoms with Gasteiger partial charge in [0, 0.05) is 15.8 Å².